The van der Waals surface area contributed by atoms with Crippen LogP contribution < -0.4 is 5.32 Å². The Hall–Kier alpha value is -2.73. The summed E-state index contributed by atoms with van der Waals surface area (Å²) in [6, 6.07) is 12.7. The number of phenolic OH excluding ortho intramolecular Hbond substituents is 1. The lowest BCUT2D eigenvalue weighted by atomic mass is 10.2. The first kappa shape index (κ1) is 15.2. The Bertz CT molecular complexity index is 848. The highest BCUT2D eigenvalue weighted by molar-refractivity contribution is 7.15. The van der Waals surface area contributed by atoms with Crippen LogP contribution in [0.15, 0.2) is 54.7 Å². The van der Waals surface area contributed by atoms with Crippen LogP contribution >= 0.6 is 11.3 Å². The fraction of sp³-hybridized carbons (Fsp3) is 0.0588. The number of phenols is 1. The van der Waals surface area contributed by atoms with E-state index in [0.29, 0.717) is 16.3 Å². The van der Waals surface area contributed by atoms with Gasteiger partial charge in [-0.05, 0) is 24.3 Å². The molecule has 0 spiro atoms. The number of nitrogens with zero attached hydrogens (tertiary/aromatic N) is 1. The van der Waals surface area contributed by atoms with E-state index in [0.717, 1.165) is 4.88 Å². The molecule has 1 amide bonds. The van der Waals surface area contributed by atoms with E-state index in [-0.39, 0.29) is 23.9 Å². The molecule has 0 unspecified atom stereocenters. The number of aromatic hydroxyl groups is 1. The molecule has 0 radical (unpaired) electrons. The van der Waals surface area contributed by atoms with Crippen molar-refractivity contribution in [1.82, 2.24) is 4.98 Å². The zero-order valence-corrected chi connectivity index (χ0v) is 12.8. The Kier molecular flexibility index (Phi) is 4.34. The van der Waals surface area contributed by atoms with Gasteiger partial charge in [0.15, 0.2) is 0 Å². The second-order valence-corrected chi connectivity index (χ2v) is 6.00. The molecule has 6 heteroatoms. The molecule has 3 aromatic rings. The molecule has 4 nitrogen and oxygen atoms in total. The molecule has 0 fully saturated rings. The second-order valence-electron chi connectivity index (χ2n) is 4.89. The van der Waals surface area contributed by atoms with E-state index >= 15 is 0 Å². The lowest BCUT2D eigenvalue weighted by Crippen LogP contribution is -2.13. The number of anilines is 1. The van der Waals surface area contributed by atoms with Crippen molar-refractivity contribution < 1.29 is 14.3 Å². The average Bonchev–Trinajstić information content (AvgIpc) is 2.95. The van der Waals surface area contributed by atoms with Crippen molar-refractivity contribution in [3.63, 3.8) is 0 Å². The summed E-state index contributed by atoms with van der Waals surface area (Å²) in [5.74, 6) is -0.473. The number of carbonyl (C=O) groups is 1. The van der Waals surface area contributed by atoms with Crippen LogP contribution in [0.2, 0.25) is 0 Å². The Labute approximate surface area is 136 Å². The smallest absolute Gasteiger partial charge is 0.229 e. The highest BCUT2D eigenvalue weighted by Crippen LogP contribution is 2.27. The molecule has 0 saturated heterocycles. The third-order valence-corrected chi connectivity index (χ3v) is 4.15. The summed E-state index contributed by atoms with van der Waals surface area (Å²) in [7, 11) is 0. The van der Waals surface area contributed by atoms with Crippen LogP contribution in [0.1, 0.15) is 4.88 Å². The number of nitrogens with one attached hydrogen (secondary N) is 1. The Morgan fingerprint density at radius 3 is 2.83 bits per heavy atom. The summed E-state index contributed by atoms with van der Waals surface area (Å²) >= 11 is 1.28. The molecule has 1 heterocycles. The lowest BCUT2D eigenvalue weighted by molar-refractivity contribution is -0.115. The van der Waals surface area contributed by atoms with Crippen LogP contribution in [-0.2, 0) is 11.2 Å². The SMILES string of the molecule is O=C(Cc1cnc(-c2ccccc2F)s1)Nc1cccc(O)c1. The molecule has 0 atom stereocenters. The van der Waals surface area contributed by atoms with Gasteiger partial charge in [-0.1, -0.05) is 18.2 Å². The van der Waals surface area contributed by atoms with Crippen LogP contribution in [0.4, 0.5) is 10.1 Å². The van der Waals surface area contributed by atoms with Gasteiger partial charge in [0.2, 0.25) is 5.91 Å². The van der Waals surface area contributed by atoms with Crippen LogP contribution in [0.5, 0.6) is 5.75 Å². The van der Waals surface area contributed by atoms with Crippen molar-refractivity contribution in [3.05, 3.63) is 65.4 Å². The maximum atomic E-state index is 13.7. The van der Waals surface area contributed by atoms with Gasteiger partial charge >= 0.3 is 0 Å². The van der Waals surface area contributed by atoms with E-state index in [4.69, 9.17) is 0 Å². The second kappa shape index (κ2) is 6.58. The van der Waals surface area contributed by atoms with Gasteiger partial charge in [-0.3, -0.25) is 4.79 Å². The molecule has 0 bridgehead atoms. The van der Waals surface area contributed by atoms with Crippen molar-refractivity contribution >= 4 is 22.9 Å². The minimum atomic E-state index is -0.336. The summed E-state index contributed by atoms with van der Waals surface area (Å²) < 4.78 is 13.7. The first-order valence-electron chi connectivity index (χ1n) is 6.90. The van der Waals surface area contributed by atoms with E-state index in [1.165, 1.54) is 29.5 Å². The largest absolute Gasteiger partial charge is 0.508 e. The minimum absolute atomic E-state index is 0.0856. The quantitative estimate of drug-likeness (QED) is 0.765. The number of carbonyl (C=O) groups excluding carboxylic acids is 1. The minimum Gasteiger partial charge on any atom is -0.508 e. The summed E-state index contributed by atoms with van der Waals surface area (Å²) in [4.78, 5) is 16.9. The summed E-state index contributed by atoms with van der Waals surface area (Å²) in [5.41, 5.74) is 0.950. The maximum absolute atomic E-state index is 13.7. The zero-order chi connectivity index (χ0) is 16.2. The third-order valence-electron chi connectivity index (χ3n) is 3.12. The van der Waals surface area contributed by atoms with E-state index in [1.54, 1.807) is 36.5 Å². The van der Waals surface area contributed by atoms with Crippen LogP contribution in [0, 0.1) is 5.82 Å². The number of aromatic nitrogens is 1. The van der Waals surface area contributed by atoms with Gasteiger partial charge in [0.05, 0.1) is 6.42 Å². The van der Waals surface area contributed by atoms with Gasteiger partial charge in [-0.25, -0.2) is 9.37 Å². The predicted octanol–water partition coefficient (Wildman–Crippen LogP) is 3.84. The highest BCUT2D eigenvalue weighted by atomic mass is 32.1. The van der Waals surface area contributed by atoms with Gasteiger partial charge in [-0.2, -0.15) is 0 Å². The Balaban J connectivity index is 1.69. The first-order valence-corrected chi connectivity index (χ1v) is 7.72. The van der Waals surface area contributed by atoms with Crippen molar-refractivity contribution in [2.45, 2.75) is 6.42 Å². The highest BCUT2D eigenvalue weighted by Gasteiger charge is 2.12. The van der Waals surface area contributed by atoms with Crippen molar-refractivity contribution in [2.24, 2.45) is 0 Å². The molecule has 0 aliphatic rings. The molecular weight excluding hydrogens is 315 g/mol. The molecule has 23 heavy (non-hydrogen) atoms. The number of benzene rings is 2. The van der Waals surface area contributed by atoms with Gasteiger partial charge in [0.25, 0.3) is 0 Å². The van der Waals surface area contributed by atoms with Crippen LogP contribution in [-0.4, -0.2) is 16.0 Å². The van der Waals surface area contributed by atoms with E-state index in [1.807, 2.05) is 0 Å². The number of hydrogen-bond acceptors (Lipinski definition) is 4. The lowest BCUT2D eigenvalue weighted by Gasteiger charge is -2.04. The first-order chi connectivity index (χ1) is 11.1. The summed E-state index contributed by atoms with van der Waals surface area (Å²) in [6.07, 6.45) is 1.72. The van der Waals surface area contributed by atoms with Gasteiger partial charge in [-0.15, -0.1) is 11.3 Å². The summed E-state index contributed by atoms with van der Waals surface area (Å²) in [6.45, 7) is 0. The maximum Gasteiger partial charge on any atom is 0.229 e. The molecule has 116 valence electrons. The Morgan fingerprint density at radius 1 is 1.22 bits per heavy atom. The molecule has 2 N–H and O–H groups in total. The molecule has 0 saturated carbocycles. The molecule has 0 aliphatic carbocycles. The predicted molar refractivity (Wildman–Crippen MR) is 87.9 cm³/mol. The van der Waals surface area contributed by atoms with Gasteiger partial charge in [0.1, 0.15) is 16.6 Å². The standard InChI is InChI=1S/C17H13FN2O2S/c18-15-7-2-1-6-14(15)17-19-10-13(23-17)9-16(22)20-11-4-3-5-12(21)8-11/h1-8,10,21H,9H2,(H,20,22). The molecule has 0 aliphatic heterocycles. The Morgan fingerprint density at radius 2 is 2.04 bits per heavy atom. The molecule has 1 aromatic heterocycles. The normalized spacial score (nSPS) is 10.5. The molecule has 2 aromatic carbocycles. The number of rotatable bonds is 4. The van der Waals surface area contributed by atoms with Crippen molar-refractivity contribution in [1.29, 1.82) is 0 Å². The zero-order valence-electron chi connectivity index (χ0n) is 12.0. The van der Waals surface area contributed by atoms with Crippen LogP contribution in [0.3, 0.4) is 0 Å². The average molecular weight is 328 g/mol. The van der Waals surface area contributed by atoms with Crippen molar-refractivity contribution in [3.8, 4) is 16.3 Å². The monoisotopic (exact) mass is 328 g/mol. The number of halogens is 1. The summed E-state index contributed by atoms with van der Waals surface area (Å²) in [5, 5.41) is 12.6. The fourth-order valence-corrected chi connectivity index (χ4v) is 3.03. The fourth-order valence-electron chi connectivity index (χ4n) is 2.10. The third kappa shape index (κ3) is 3.73. The van der Waals surface area contributed by atoms with Crippen molar-refractivity contribution in [2.75, 3.05) is 5.32 Å². The molecule has 3 rings (SSSR count). The number of thiazole rings is 1. The number of amides is 1. The van der Waals surface area contributed by atoms with E-state index in [2.05, 4.69) is 10.3 Å². The number of hydrogen-bond donors (Lipinski definition) is 2. The van der Waals surface area contributed by atoms with E-state index in [9.17, 15) is 14.3 Å². The van der Waals surface area contributed by atoms with E-state index < -0.39 is 0 Å². The molecular formula is C17H13FN2O2S. The van der Waals surface area contributed by atoms with Gasteiger partial charge < -0.3 is 10.4 Å². The topological polar surface area (TPSA) is 62.2 Å². The van der Waals surface area contributed by atoms with Crippen LogP contribution in [0.25, 0.3) is 10.6 Å². The van der Waals surface area contributed by atoms with Gasteiger partial charge in [0, 0.05) is 28.4 Å².